The molecule has 0 bridgehead atoms. The third-order valence-electron chi connectivity index (χ3n) is 1.81. The van der Waals surface area contributed by atoms with Gasteiger partial charge in [-0.25, -0.2) is 9.78 Å². The summed E-state index contributed by atoms with van der Waals surface area (Å²) in [5.41, 5.74) is 5.36. The predicted molar refractivity (Wildman–Crippen MR) is 75.2 cm³/mol. The molecule has 7 heteroatoms. The van der Waals surface area contributed by atoms with Crippen LogP contribution in [0.3, 0.4) is 0 Å². The van der Waals surface area contributed by atoms with Gasteiger partial charge in [-0.3, -0.25) is 0 Å². The summed E-state index contributed by atoms with van der Waals surface area (Å²) >= 11 is 1.23. The van der Waals surface area contributed by atoms with Crippen LogP contribution in [0.2, 0.25) is 0 Å². The number of nitrogens with zero attached hydrogens (tertiary/aromatic N) is 2. The Morgan fingerprint density at radius 3 is 2.68 bits per heavy atom. The van der Waals surface area contributed by atoms with E-state index >= 15 is 0 Å². The number of ether oxygens (including phenoxy) is 1. The number of nitrogens with two attached hydrogens (primary N) is 1. The van der Waals surface area contributed by atoms with E-state index in [1.807, 2.05) is 6.92 Å². The molecule has 1 rings (SSSR count). The maximum absolute atomic E-state index is 12.1. The van der Waals surface area contributed by atoms with Gasteiger partial charge in [-0.1, -0.05) is 12.1 Å². The van der Waals surface area contributed by atoms with Crippen LogP contribution in [0.1, 0.15) is 39.8 Å². The minimum absolute atomic E-state index is 0.0383. The third-order valence-corrected chi connectivity index (χ3v) is 2.48. The molecule has 0 fully saturated rings. The molecule has 1 heterocycles. The summed E-state index contributed by atoms with van der Waals surface area (Å²) in [7, 11) is 0. The van der Waals surface area contributed by atoms with E-state index in [2.05, 4.69) is 10.1 Å². The number of aromatic nitrogens is 1. The van der Waals surface area contributed by atoms with E-state index in [-0.39, 0.29) is 5.71 Å². The van der Waals surface area contributed by atoms with Crippen molar-refractivity contribution in [2.45, 2.75) is 39.7 Å². The molecule has 1 aromatic heterocycles. The van der Waals surface area contributed by atoms with Gasteiger partial charge >= 0.3 is 5.97 Å². The number of anilines is 1. The van der Waals surface area contributed by atoms with Crippen molar-refractivity contribution < 1.29 is 14.4 Å². The molecule has 0 radical (unpaired) electrons. The lowest BCUT2D eigenvalue weighted by molar-refractivity contribution is -0.146. The van der Waals surface area contributed by atoms with Crippen molar-refractivity contribution in [3.05, 3.63) is 11.1 Å². The smallest absolute Gasteiger partial charge is 0.363 e. The van der Waals surface area contributed by atoms with E-state index in [9.17, 15) is 4.79 Å². The molecule has 2 N–H and O–H groups in total. The molecule has 0 aliphatic heterocycles. The normalized spacial score (nSPS) is 12.3. The second-order valence-electron chi connectivity index (χ2n) is 4.85. The van der Waals surface area contributed by atoms with Crippen LogP contribution < -0.4 is 5.73 Å². The monoisotopic (exact) mass is 285 g/mol. The van der Waals surface area contributed by atoms with Gasteiger partial charge in [-0.2, -0.15) is 0 Å². The summed E-state index contributed by atoms with van der Waals surface area (Å²) in [6.45, 7) is 7.72. The number of nitrogen functional groups attached to an aromatic ring is 1. The standard InChI is InChI=1S/C12H19N3O3S/c1-5-6-17-15-9(8-7-19-11(13)14-8)10(16)18-12(2,3)4/h7H,5-6H2,1-4H3,(H2,13,14). The molecule has 0 aromatic carbocycles. The zero-order valence-corrected chi connectivity index (χ0v) is 12.4. The predicted octanol–water partition coefficient (Wildman–Crippen LogP) is 2.20. The number of thiazole rings is 1. The quantitative estimate of drug-likeness (QED) is 0.388. The molecule has 0 unspecified atom stereocenters. The zero-order chi connectivity index (χ0) is 14.5. The van der Waals surface area contributed by atoms with Gasteiger partial charge in [0.25, 0.3) is 0 Å². The van der Waals surface area contributed by atoms with Crippen molar-refractivity contribution in [1.82, 2.24) is 4.98 Å². The highest BCUT2D eigenvalue weighted by Crippen LogP contribution is 2.15. The van der Waals surface area contributed by atoms with Gasteiger partial charge in [0.2, 0.25) is 5.71 Å². The molecule has 1 aromatic rings. The molecule has 106 valence electrons. The van der Waals surface area contributed by atoms with E-state index in [1.54, 1.807) is 26.2 Å². The first kappa shape index (κ1) is 15.4. The lowest BCUT2D eigenvalue weighted by Crippen LogP contribution is -2.30. The Bertz CT molecular complexity index is 463. The summed E-state index contributed by atoms with van der Waals surface area (Å²) in [6.07, 6.45) is 0.796. The molecule has 0 atom stereocenters. The fourth-order valence-electron chi connectivity index (χ4n) is 1.11. The molecule has 0 amide bonds. The van der Waals surface area contributed by atoms with Crippen LogP contribution in [-0.4, -0.2) is 28.9 Å². The van der Waals surface area contributed by atoms with Crippen molar-refractivity contribution in [3.63, 3.8) is 0 Å². The average molecular weight is 285 g/mol. The largest absolute Gasteiger partial charge is 0.455 e. The summed E-state index contributed by atoms with van der Waals surface area (Å²) < 4.78 is 5.27. The SMILES string of the molecule is CCCON=C(C(=O)OC(C)(C)C)c1csc(N)n1. The minimum Gasteiger partial charge on any atom is -0.455 e. The van der Waals surface area contributed by atoms with Crippen LogP contribution in [-0.2, 0) is 14.4 Å². The van der Waals surface area contributed by atoms with Crippen LogP contribution in [0.15, 0.2) is 10.5 Å². The Kier molecular flexibility index (Phi) is 5.29. The lowest BCUT2D eigenvalue weighted by atomic mass is 10.2. The first-order chi connectivity index (χ1) is 8.83. The number of rotatable bonds is 5. The van der Waals surface area contributed by atoms with Crippen LogP contribution >= 0.6 is 11.3 Å². The van der Waals surface area contributed by atoms with E-state index in [1.165, 1.54) is 11.3 Å². The van der Waals surface area contributed by atoms with E-state index in [0.29, 0.717) is 17.4 Å². The Morgan fingerprint density at radius 1 is 1.53 bits per heavy atom. The van der Waals surface area contributed by atoms with Crippen LogP contribution in [0, 0.1) is 0 Å². The fraction of sp³-hybridized carbons (Fsp3) is 0.583. The van der Waals surface area contributed by atoms with Gasteiger partial charge in [0, 0.05) is 5.38 Å². The van der Waals surface area contributed by atoms with E-state index in [0.717, 1.165) is 6.42 Å². The fourth-order valence-corrected chi connectivity index (χ4v) is 1.66. The summed E-state index contributed by atoms with van der Waals surface area (Å²) in [5.74, 6) is -0.575. The van der Waals surface area contributed by atoms with Crippen LogP contribution in [0.4, 0.5) is 5.13 Å². The molecule has 0 spiro atoms. The zero-order valence-electron chi connectivity index (χ0n) is 11.6. The van der Waals surface area contributed by atoms with Crippen LogP contribution in [0.5, 0.6) is 0 Å². The highest BCUT2D eigenvalue weighted by atomic mass is 32.1. The van der Waals surface area contributed by atoms with E-state index < -0.39 is 11.6 Å². The number of hydrogen-bond acceptors (Lipinski definition) is 7. The topological polar surface area (TPSA) is 86.8 Å². The Balaban J connectivity index is 2.93. The maximum atomic E-state index is 12.1. The second kappa shape index (κ2) is 6.51. The van der Waals surface area contributed by atoms with Gasteiger partial charge in [-0.05, 0) is 27.2 Å². The highest BCUT2D eigenvalue weighted by Gasteiger charge is 2.25. The second-order valence-corrected chi connectivity index (χ2v) is 5.74. The van der Waals surface area contributed by atoms with Crippen LogP contribution in [0.25, 0.3) is 0 Å². The minimum atomic E-state index is -0.607. The van der Waals surface area contributed by atoms with Crippen molar-refractivity contribution in [2.75, 3.05) is 12.3 Å². The van der Waals surface area contributed by atoms with Crippen molar-refractivity contribution >= 4 is 28.1 Å². The lowest BCUT2D eigenvalue weighted by Gasteiger charge is -2.19. The van der Waals surface area contributed by atoms with Crippen molar-refractivity contribution in [3.8, 4) is 0 Å². The Labute approximate surface area is 116 Å². The number of hydrogen-bond donors (Lipinski definition) is 1. The van der Waals surface area contributed by atoms with Gasteiger partial charge in [-0.15, -0.1) is 11.3 Å². The van der Waals surface area contributed by atoms with Crippen molar-refractivity contribution in [2.24, 2.45) is 5.16 Å². The Hall–Kier alpha value is -1.63. The number of esters is 1. The van der Waals surface area contributed by atoms with Gasteiger partial charge in [0.05, 0.1) is 0 Å². The van der Waals surface area contributed by atoms with Gasteiger partial charge in [0.15, 0.2) is 5.13 Å². The highest BCUT2D eigenvalue weighted by molar-refractivity contribution is 7.13. The van der Waals surface area contributed by atoms with E-state index in [4.69, 9.17) is 15.3 Å². The number of carbonyl (C=O) groups is 1. The molecule has 0 aliphatic rings. The van der Waals surface area contributed by atoms with Gasteiger partial charge in [0.1, 0.15) is 17.9 Å². The maximum Gasteiger partial charge on any atom is 0.363 e. The molecule has 0 saturated heterocycles. The summed E-state index contributed by atoms with van der Waals surface area (Å²) in [5, 5.41) is 5.82. The molecule has 19 heavy (non-hydrogen) atoms. The molecular formula is C12H19N3O3S. The molecule has 6 nitrogen and oxygen atoms in total. The molecular weight excluding hydrogens is 266 g/mol. The van der Waals surface area contributed by atoms with Crippen molar-refractivity contribution in [1.29, 1.82) is 0 Å². The third kappa shape index (κ3) is 5.25. The number of oxime groups is 1. The van der Waals surface area contributed by atoms with Gasteiger partial charge < -0.3 is 15.3 Å². The first-order valence-electron chi connectivity index (χ1n) is 5.98. The average Bonchev–Trinajstić information content (AvgIpc) is 2.68. The molecule has 0 saturated carbocycles. The summed E-state index contributed by atoms with van der Waals surface area (Å²) in [4.78, 5) is 21.1. The Morgan fingerprint density at radius 2 is 2.21 bits per heavy atom. The summed E-state index contributed by atoms with van der Waals surface area (Å²) in [6, 6.07) is 0. The number of carbonyl (C=O) groups excluding carboxylic acids is 1. The molecule has 0 aliphatic carbocycles. The first-order valence-corrected chi connectivity index (χ1v) is 6.86.